The molecule has 0 aromatic heterocycles. The van der Waals surface area contributed by atoms with E-state index in [4.69, 9.17) is 4.74 Å². The third-order valence-corrected chi connectivity index (χ3v) is 5.20. The van der Waals surface area contributed by atoms with Crippen molar-refractivity contribution >= 4 is 29.0 Å². The van der Waals surface area contributed by atoms with Gasteiger partial charge in [0, 0.05) is 17.4 Å². The Balaban J connectivity index is 2.05. The lowest BCUT2D eigenvalue weighted by Gasteiger charge is -2.17. The van der Waals surface area contributed by atoms with Crippen molar-refractivity contribution < 1.29 is 14.5 Å². The van der Waals surface area contributed by atoms with Crippen LogP contribution < -0.4 is 10.1 Å². The van der Waals surface area contributed by atoms with Gasteiger partial charge in [0.05, 0.1) is 23.0 Å². The Bertz CT molecular complexity index is 558. The summed E-state index contributed by atoms with van der Waals surface area (Å²) in [7, 11) is 1.47. The molecule has 2 rings (SSSR count). The zero-order chi connectivity index (χ0) is 16.1. The first kappa shape index (κ1) is 16.6. The van der Waals surface area contributed by atoms with Crippen LogP contribution in [0.1, 0.15) is 32.6 Å². The molecule has 1 amide bonds. The van der Waals surface area contributed by atoms with Crippen molar-refractivity contribution in [3.05, 3.63) is 28.3 Å². The van der Waals surface area contributed by atoms with Crippen LogP contribution in [-0.4, -0.2) is 28.4 Å². The third kappa shape index (κ3) is 4.13. The normalized spacial score (nSPS) is 16.3. The molecule has 1 aromatic carbocycles. The van der Waals surface area contributed by atoms with Crippen LogP contribution in [0.5, 0.6) is 5.75 Å². The van der Waals surface area contributed by atoms with E-state index in [2.05, 4.69) is 5.32 Å². The lowest BCUT2D eigenvalue weighted by atomic mass is 10.2. The quantitative estimate of drug-likeness (QED) is 0.638. The molecule has 120 valence electrons. The fourth-order valence-electron chi connectivity index (χ4n) is 2.52. The molecular formula is C15H20N2O4S. The fraction of sp³-hybridized carbons (Fsp3) is 0.533. The predicted octanol–water partition coefficient (Wildman–Crippen LogP) is 3.61. The van der Waals surface area contributed by atoms with Gasteiger partial charge in [-0.2, -0.15) is 0 Å². The first-order chi connectivity index (χ1) is 10.5. The van der Waals surface area contributed by atoms with Gasteiger partial charge in [-0.1, -0.05) is 12.8 Å². The average molecular weight is 324 g/mol. The van der Waals surface area contributed by atoms with E-state index < -0.39 is 4.92 Å². The second-order valence-corrected chi connectivity index (χ2v) is 6.96. The maximum Gasteiger partial charge on any atom is 0.271 e. The van der Waals surface area contributed by atoms with Crippen molar-refractivity contribution in [2.75, 3.05) is 12.4 Å². The Labute approximate surface area is 133 Å². The highest BCUT2D eigenvalue weighted by molar-refractivity contribution is 8.01. The van der Waals surface area contributed by atoms with Crippen LogP contribution in [0.4, 0.5) is 11.4 Å². The van der Waals surface area contributed by atoms with Crippen molar-refractivity contribution in [3.63, 3.8) is 0 Å². The van der Waals surface area contributed by atoms with E-state index in [1.807, 2.05) is 6.92 Å². The minimum Gasteiger partial charge on any atom is -0.495 e. The first-order valence-electron chi connectivity index (χ1n) is 7.30. The highest BCUT2D eigenvalue weighted by Crippen LogP contribution is 2.34. The number of hydrogen-bond donors (Lipinski definition) is 1. The Morgan fingerprint density at radius 3 is 2.73 bits per heavy atom. The van der Waals surface area contributed by atoms with E-state index in [9.17, 15) is 14.9 Å². The highest BCUT2D eigenvalue weighted by Gasteiger charge is 2.23. The summed E-state index contributed by atoms with van der Waals surface area (Å²) in [5, 5.41) is 13.9. The van der Waals surface area contributed by atoms with Gasteiger partial charge in [0.1, 0.15) is 5.75 Å². The molecule has 0 spiro atoms. The molecule has 1 aromatic rings. The summed E-state index contributed by atoms with van der Waals surface area (Å²) in [4.78, 5) is 22.6. The molecule has 1 aliphatic carbocycles. The monoisotopic (exact) mass is 324 g/mol. The van der Waals surface area contributed by atoms with Crippen LogP contribution >= 0.6 is 11.8 Å². The zero-order valence-electron chi connectivity index (χ0n) is 12.7. The van der Waals surface area contributed by atoms with Crippen molar-refractivity contribution in [3.8, 4) is 5.75 Å². The summed E-state index contributed by atoms with van der Waals surface area (Å²) in [6.45, 7) is 1.86. The Morgan fingerprint density at radius 2 is 2.14 bits per heavy atom. The number of carbonyl (C=O) groups excluding carboxylic acids is 1. The van der Waals surface area contributed by atoms with Crippen LogP contribution in [0.15, 0.2) is 18.2 Å². The van der Waals surface area contributed by atoms with Gasteiger partial charge in [-0.3, -0.25) is 14.9 Å². The van der Waals surface area contributed by atoms with Crippen LogP contribution in [0, 0.1) is 10.1 Å². The van der Waals surface area contributed by atoms with Gasteiger partial charge >= 0.3 is 0 Å². The first-order valence-corrected chi connectivity index (χ1v) is 8.24. The van der Waals surface area contributed by atoms with Crippen LogP contribution in [0.2, 0.25) is 0 Å². The molecule has 6 nitrogen and oxygen atoms in total. The summed E-state index contributed by atoms with van der Waals surface area (Å²) in [6.07, 6.45) is 4.76. The van der Waals surface area contributed by atoms with Gasteiger partial charge in [0.25, 0.3) is 5.69 Å². The maximum atomic E-state index is 12.3. The van der Waals surface area contributed by atoms with Gasteiger partial charge in [-0.25, -0.2) is 0 Å². The molecule has 1 fully saturated rings. The number of nitro groups is 1. The summed E-state index contributed by atoms with van der Waals surface area (Å²) in [5.74, 6) is 0.257. The number of anilines is 1. The number of carbonyl (C=O) groups is 1. The van der Waals surface area contributed by atoms with E-state index in [-0.39, 0.29) is 16.8 Å². The Morgan fingerprint density at radius 1 is 1.45 bits per heavy atom. The summed E-state index contributed by atoms with van der Waals surface area (Å²) >= 11 is 1.67. The molecule has 0 radical (unpaired) electrons. The number of amides is 1. The number of benzene rings is 1. The number of hydrogen-bond acceptors (Lipinski definition) is 5. The predicted molar refractivity (Wildman–Crippen MR) is 87.6 cm³/mol. The number of non-ortho nitro benzene ring substituents is 1. The molecule has 0 heterocycles. The van der Waals surface area contributed by atoms with E-state index in [0.717, 1.165) is 12.8 Å². The molecule has 0 bridgehead atoms. The van der Waals surface area contributed by atoms with Crippen molar-refractivity contribution in [2.45, 2.75) is 43.1 Å². The van der Waals surface area contributed by atoms with E-state index in [1.54, 1.807) is 11.8 Å². The smallest absolute Gasteiger partial charge is 0.271 e. The largest absolute Gasteiger partial charge is 0.495 e. The second kappa shape index (κ2) is 7.49. The molecule has 1 saturated carbocycles. The topological polar surface area (TPSA) is 81.5 Å². The molecule has 0 unspecified atom stereocenters. The third-order valence-electron chi connectivity index (χ3n) is 3.72. The van der Waals surface area contributed by atoms with Gasteiger partial charge in [-0.05, 0) is 25.8 Å². The van der Waals surface area contributed by atoms with Gasteiger partial charge in [-0.15, -0.1) is 11.8 Å². The molecule has 7 heteroatoms. The molecule has 0 saturated heterocycles. The molecule has 0 aliphatic heterocycles. The number of methoxy groups -OCH3 is 1. The lowest BCUT2D eigenvalue weighted by Crippen LogP contribution is -2.24. The Kier molecular flexibility index (Phi) is 5.65. The number of nitro benzene ring substituents is 1. The van der Waals surface area contributed by atoms with Crippen molar-refractivity contribution in [1.82, 2.24) is 0 Å². The number of rotatable bonds is 6. The number of ether oxygens (including phenoxy) is 1. The minimum atomic E-state index is -0.494. The standard InChI is InChI=1S/C15H20N2O4S/c1-10(22-12-5-3-4-6-12)15(18)16-13-9-11(17(19)20)7-8-14(13)21-2/h7-10,12H,3-6H2,1-2H3,(H,16,18)/t10-/m0/s1. The number of nitrogens with zero attached hydrogens (tertiary/aromatic N) is 1. The molecule has 1 atom stereocenters. The highest BCUT2D eigenvalue weighted by atomic mass is 32.2. The number of thioether (sulfide) groups is 1. The van der Waals surface area contributed by atoms with Crippen molar-refractivity contribution in [1.29, 1.82) is 0 Å². The maximum absolute atomic E-state index is 12.3. The van der Waals surface area contributed by atoms with E-state index in [0.29, 0.717) is 16.7 Å². The van der Waals surface area contributed by atoms with Crippen LogP contribution in [0.25, 0.3) is 0 Å². The SMILES string of the molecule is COc1ccc([N+](=O)[O-])cc1NC(=O)[C@H](C)SC1CCCC1. The van der Waals surface area contributed by atoms with Gasteiger partial charge in [0.15, 0.2) is 0 Å². The summed E-state index contributed by atoms with van der Waals surface area (Å²) in [6, 6.07) is 4.16. The molecule has 22 heavy (non-hydrogen) atoms. The lowest BCUT2D eigenvalue weighted by molar-refractivity contribution is -0.384. The van der Waals surface area contributed by atoms with Crippen LogP contribution in [0.3, 0.4) is 0 Å². The van der Waals surface area contributed by atoms with Crippen LogP contribution in [-0.2, 0) is 4.79 Å². The zero-order valence-corrected chi connectivity index (χ0v) is 13.5. The average Bonchev–Trinajstić information content (AvgIpc) is 2.99. The van der Waals surface area contributed by atoms with E-state index >= 15 is 0 Å². The summed E-state index contributed by atoms with van der Waals surface area (Å²) < 4.78 is 5.15. The molecule has 1 aliphatic rings. The minimum absolute atomic E-state index is 0.0767. The second-order valence-electron chi connectivity index (χ2n) is 5.32. The van der Waals surface area contributed by atoms with Gasteiger partial charge < -0.3 is 10.1 Å². The Hall–Kier alpha value is -1.76. The molecular weight excluding hydrogens is 304 g/mol. The van der Waals surface area contributed by atoms with E-state index in [1.165, 1.54) is 38.2 Å². The number of nitrogens with one attached hydrogen (secondary N) is 1. The van der Waals surface area contributed by atoms with Gasteiger partial charge in [0.2, 0.25) is 5.91 Å². The molecule has 1 N–H and O–H groups in total. The fourth-order valence-corrected chi connectivity index (χ4v) is 3.88. The summed E-state index contributed by atoms with van der Waals surface area (Å²) in [5.41, 5.74) is 0.257. The van der Waals surface area contributed by atoms with Crippen molar-refractivity contribution in [2.24, 2.45) is 0 Å².